The third-order valence-electron chi connectivity index (χ3n) is 5.05. The predicted octanol–water partition coefficient (Wildman–Crippen LogP) is 3.48. The van der Waals surface area contributed by atoms with Gasteiger partial charge in [0.25, 0.3) is 11.6 Å². The van der Waals surface area contributed by atoms with Gasteiger partial charge >= 0.3 is 0 Å². The lowest BCUT2D eigenvalue weighted by Gasteiger charge is -2.29. The second-order valence-corrected chi connectivity index (χ2v) is 6.64. The molecule has 2 aromatic rings. The molecule has 0 radical (unpaired) electrons. The standard InChI is InChI=1S/C20H22FN2O/c21-17-12-10-16(11-13-17)20(24)15-22-14-6-2-5-9-19(22)23(20)18-7-3-1-4-8-18/h1,3-4,7-8,10-13,24H,2,5-6,9,14-15H2/q+1/t20-/m0/s1. The lowest BCUT2D eigenvalue weighted by atomic mass is 10.00. The van der Waals surface area contributed by atoms with Gasteiger partial charge in [-0.15, -0.1) is 0 Å². The van der Waals surface area contributed by atoms with E-state index in [2.05, 4.69) is 4.58 Å². The van der Waals surface area contributed by atoms with Gasteiger partial charge in [0.1, 0.15) is 11.5 Å². The molecule has 1 atom stereocenters. The summed E-state index contributed by atoms with van der Waals surface area (Å²) in [7, 11) is 0. The van der Waals surface area contributed by atoms with E-state index in [1.807, 2.05) is 35.2 Å². The molecule has 124 valence electrons. The molecule has 0 saturated heterocycles. The molecule has 0 spiro atoms. The molecular weight excluding hydrogens is 303 g/mol. The Hall–Kier alpha value is -2.20. The zero-order valence-corrected chi connectivity index (χ0v) is 13.7. The van der Waals surface area contributed by atoms with Crippen molar-refractivity contribution in [2.75, 3.05) is 18.0 Å². The minimum Gasteiger partial charge on any atom is -0.346 e. The summed E-state index contributed by atoms with van der Waals surface area (Å²) >= 11 is 0. The number of halogens is 1. The molecule has 0 saturated carbocycles. The van der Waals surface area contributed by atoms with Gasteiger partial charge in [-0.3, -0.25) is 4.58 Å². The average molecular weight is 325 g/mol. The van der Waals surface area contributed by atoms with Gasteiger partial charge in [0, 0.05) is 12.0 Å². The molecule has 2 aliphatic rings. The Bertz CT molecular complexity index is 757. The minimum atomic E-state index is -1.16. The summed E-state index contributed by atoms with van der Waals surface area (Å²) < 4.78 is 15.7. The van der Waals surface area contributed by atoms with Crippen LogP contribution in [-0.2, 0) is 5.72 Å². The number of aliphatic hydroxyl groups is 1. The van der Waals surface area contributed by atoms with E-state index in [1.54, 1.807) is 12.1 Å². The highest BCUT2D eigenvalue weighted by molar-refractivity contribution is 5.97. The van der Waals surface area contributed by atoms with Crippen molar-refractivity contribution in [2.24, 2.45) is 0 Å². The molecule has 2 aromatic carbocycles. The molecule has 4 rings (SSSR count). The minimum absolute atomic E-state index is 0.284. The van der Waals surface area contributed by atoms with Gasteiger partial charge in [-0.2, -0.15) is 4.90 Å². The Morgan fingerprint density at radius 2 is 1.71 bits per heavy atom. The van der Waals surface area contributed by atoms with Gasteiger partial charge in [-0.1, -0.05) is 18.2 Å². The smallest absolute Gasteiger partial charge is 0.275 e. The van der Waals surface area contributed by atoms with Crippen LogP contribution in [0.2, 0.25) is 0 Å². The molecule has 0 bridgehead atoms. The van der Waals surface area contributed by atoms with Gasteiger partial charge in [0.15, 0.2) is 6.54 Å². The number of para-hydroxylation sites is 1. The quantitative estimate of drug-likeness (QED) is 0.856. The third kappa shape index (κ3) is 2.51. The van der Waals surface area contributed by atoms with E-state index in [0.717, 1.165) is 37.1 Å². The molecule has 2 aliphatic heterocycles. The van der Waals surface area contributed by atoms with E-state index >= 15 is 0 Å². The van der Waals surface area contributed by atoms with Crippen molar-refractivity contribution < 1.29 is 14.1 Å². The molecule has 0 amide bonds. The SMILES string of the molecule is O[C@]1(c2ccc(F)cc2)C[N+]2=C(CCCCC2)N1c1ccccc1. The third-order valence-corrected chi connectivity index (χ3v) is 5.05. The fourth-order valence-corrected chi connectivity index (χ4v) is 3.90. The zero-order valence-electron chi connectivity index (χ0n) is 13.7. The molecule has 24 heavy (non-hydrogen) atoms. The van der Waals surface area contributed by atoms with E-state index in [0.29, 0.717) is 6.54 Å². The molecular formula is C20H22FN2O+. The molecule has 0 fully saturated rings. The number of hydrogen-bond donors (Lipinski definition) is 1. The summed E-state index contributed by atoms with van der Waals surface area (Å²) in [6.45, 7) is 1.48. The number of anilines is 1. The fraction of sp³-hybridized carbons (Fsp3) is 0.350. The highest BCUT2D eigenvalue weighted by Gasteiger charge is 2.53. The van der Waals surface area contributed by atoms with Crippen molar-refractivity contribution in [1.82, 2.24) is 0 Å². The molecule has 2 heterocycles. The van der Waals surface area contributed by atoms with E-state index in [4.69, 9.17) is 0 Å². The highest BCUT2D eigenvalue weighted by Crippen LogP contribution is 2.37. The number of hydrogen-bond acceptors (Lipinski definition) is 2. The van der Waals surface area contributed by atoms with Crippen molar-refractivity contribution in [3.8, 4) is 0 Å². The second-order valence-electron chi connectivity index (χ2n) is 6.64. The summed E-state index contributed by atoms with van der Waals surface area (Å²) in [5.74, 6) is 0.888. The van der Waals surface area contributed by atoms with Crippen LogP contribution in [0.5, 0.6) is 0 Å². The first-order valence-electron chi connectivity index (χ1n) is 8.63. The Labute approximate surface area is 141 Å². The number of amidine groups is 1. The lowest BCUT2D eigenvalue weighted by Crippen LogP contribution is -2.47. The lowest BCUT2D eigenvalue weighted by molar-refractivity contribution is -0.534. The maximum atomic E-state index is 13.4. The first kappa shape index (κ1) is 15.3. The van der Waals surface area contributed by atoms with Gasteiger partial charge < -0.3 is 5.11 Å². The number of benzene rings is 2. The van der Waals surface area contributed by atoms with Crippen molar-refractivity contribution in [2.45, 2.75) is 31.4 Å². The maximum absolute atomic E-state index is 13.4. The van der Waals surface area contributed by atoms with Crippen molar-refractivity contribution in [3.05, 3.63) is 66.0 Å². The van der Waals surface area contributed by atoms with Crippen LogP contribution in [0, 0.1) is 5.82 Å². The second kappa shape index (κ2) is 6.02. The van der Waals surface area contributed by atoms with Crippen LogP contribution in [0.25, 0.3) is 0 Å². The normalized spacial score (nSPS) is 24.0. The van der Waals surface area contributed by atoms with Crippen LogP contribution in [0.15, 0.2) is 54.6 Å². The monoisotopic (exact) mass is 325 g/mol. The van der Waals surface area contributed by atoms with Crippen LogP contribution in [0.3, 0.4) is 0 Å². The molecule has 0 unspecified atom stereocenters. The zero-order chi connectivity index (χ0) is 16.6. The maximum Gasteiger partial charge on any atom is 0.275 e. The Morgan fingerprint density at radius 3 is 2.46 bits per heavy atom. The molecule has 0 aromatic heterocycles. The van der Waals surface area contributed by atoms with Gasteiger partial charge in [-0.25, -0.2) is 4.39 Å². The van der Waals surface area contributed by atoms with Crippen LogP contribution < -0.4 is 4.90 Å². The number of nitrogens with zero attached hydrogens (tertiary/aromatic N) is 2. The van der Waals surface area contributed by atoms with Crippen molar-refractivity contribution in [1.29, 1.82) is 0 Å². The molecule has 1 N–H and O–H groups in total. The molecule has 3 nitrogen and oxygen atoms in total. The topological polar surface area (TPSA) is 26.5 Å². The largest absolute Gasteiger partial charge is 0.346 e. The fourth-order valence-electron chi connectivity index (χ4n) is 3.90. The van der Waals surface area contributed by atoms with Crippen molar-refractivity contribution in [3.63, 3.8) is 0 Å². The average Bonchev–Trinajstić information content (AvgIpc) is 2.73. The number of rotatable bonds is 2. The molecule has 0 aliphatic carbocycles. The van der Waals surface area contributed by atoms with E-state index in [-0.39, 0.29) is 5.82 Å². The summed E-state index contributed by atoms with van der Waals surface area (Å²) in [5, 5.41) is 11.6. The predicted molar refractivity (Wildman–Crippen MR) is 92.7 cm³/mol. The van der Waals surface area contributed by atoms with E-state index < -0.39 is 5.72 Å². The van der Waals surface area contributed by atoms with Crippen LogP contribution in [-0.4, -0.2) is 28.6 Å². The first-order chi connectivity index (χ1) is 11.7. The Kier molecular flexibility index (Phi) is 3.85. The van der Waals surface area contributed by atoms with E-state index in [1.165, 1.54) is 24.4 Å². The highest BCUT2D eigenvalue weighted by atomic mass is 19.1. The Balaban J connectivity index is 1.83. The molecule has 4 heteroatoms. The summed E-state index contributed by atoms with van der Waals surface area (Å²) in [6.07, 6.45) is 4.45. The summed E-state index contributed by atoms with van der Waals surface area (Å²) in [4.78, 5) is 2.05. The van der Waals surface area contributed by atoms with Crippen LogP contribution >= 0.6 is 0 Å². The van der Waals surface area contributed by atoms with Gasteiger partial charge in [-0.05, 0) is 55.7 Å². The van der Waals surface area contributed by atoms with Crippen molar-refractivity contribution >= 4 is 11.5 Å². The summed E-state index contributed by atoms with van der Waals surface area (Å²) in [5.41, 5.74) is 0.541. The Morgan fingerprint density at radius 1 is 0.958 bits per heavy atom. The first-order valence-corrected chi connectivity index (χ1v) is 8.63. The van der Waals surface area contributed by atoms with Crippen LogP contribution in [0.4, 0.5) is 10.1 Å². The summed E-state index contributed by atoms with van der Waals surface area (Å²) in [6, 6.07) is 16.2. The van der Waals surface area contributed by atoms with Gasteiger partial charge in [0.2, 0.25) is 0 Å². The van der Waals surface area contributed by atoms with Crippen LogP contribution in [0.1, 0.15) is 31.2 Å². The van der Waals surface area contributed by atoms with E-state index in [9.17, 15) is 9.50 Å². The van der Waals surface area contributed by atoms with Gasteiger partial charge in [0.05, 0.1) is 6.54 Å².